The summed E-state index contributed by atoms with van der Waals surface area (Å²) in [7, 11) is 3.20. The van der Waals surface area contributed by atoms with Crippen molar-refractivity contribution in [1.29, 1.82) is 0 Å². The summed E-state index contributed by atoms with van der Waals surface area (Å²) in [5.41, 5.74) is 3.85. The molecule has 1 heterocycles. The van der Waals surface area contributed by atoms with Crippen molar-refractivity contribution in [2.75, 3.05) is 19.6 Å². The van der Waals surface area contributed by atoms with Gasteiger partial charge in [0.1, 0.15) is 17.2 Å². The number of hydrazine groups is 1. The van der Waals surface area contributed by atoms with Crippen LogP contribution in [0.25, 0.3) is 11.3 Å². The number of nitrogens with two attached hydrogens (primary N) is 1. The Morgan fingerprint density at radius 1 is 1.00 bits per heavy atom. The summed E-state index contributed by atoms with van der Waals surface area (Å²) in [6.45, 7) is 0. The molecule has 2 rings (SSSR count). The minimum atomic E-state index is 0.493. The monoisotopic (exact) mass is 246 g/mol. The maximum atomic E-state index is 5.31. The standard InChI is InChI=1S/C12H14N4O2/c1-17-9-4-3-5-10(18-2)12(9)8-6-7-11(14-13)16-15-8/h3-7H,13H2,1-2H3,(H,14,16). The predicted octanol–water partition coefficient (Wildman–Crippen LogP) is 1.45. The van der Waals surface area contributed by atoms with Gasteiger partial charge in [-0.25, -0.2) is 5.84 Å². The molecule has 6 nitrogen and oxygen atoms in total. The molecule has 3 N–H and O–H groups in total. The Morgan fingerprint density at radius 2 is 1.67 bits per heavy atom. The van der Waals surface area contributed by atoms with Crippen molar-refractivity contribution in [2.24, 2.45) is 5.84 Å². The van der Waals surface area contributed by atoms with Crippen molar-refractivity contribution < 1.29 is 9.47 Å². The molecule has 0 aliphatic heterocycles. The summed E-state index contributed by atoms with van der Waals surface area (Å²) < 4.78 is 10.6. The van der Waals surface area contributed by atoms with Crippen LogP contribution >= 0.6 is 0 Å². The maximum Gasteiger partial charge on any atom is 0.162 e. The highest BCUT2D eigenvalue weighted by molar-refractivity contribution is 5.74. The third kappa shape index (κ3) is 2.18. The average molecular weight is 246 g/mol. The molecule has 0 saturated heterocycles. The third-order valence-electron chi connectivity index (χ3n) is 2.50. The molecule has 0 spiro atoms. The molecule has 6 heteroatoms. The van der Waals surface area contributed by atoms with E-state index in [4.69, 9.17) is 15.3 Å². The molecule has 0 unspecified atom stereocenters. The highest BCUT2D eigenvalue weighted by Crippen LogP contribution is 2.36. The fourth-order valence-corrected chi connectivity index (χ4v) is 1.65. The molecular weight excluding hydrogens is 232 g/mol. The molecule has 0 fully saturated rings. The first-order valence-electron chi connectivity index (χ1n) is 5.32. The predicted molar refractivity (Wildman–Crippen MR) is 68.4 cm³/mol. The molecule has 0 amide bonds. The van der Waals surface area contributed by atoms with Crippen molar-refractivity contribution >= 4 is 5.82 Å². The van der Waals surface area contributed by atoms with Crippen LogP contribution in [0.3, 0.4) is 0 Å². The van der Waals surface area contributed by atoms with Gasteiger partial charge in [-0.3, -0.25) is 0 Å². The van der Waals surface area contributed by atoms with Gasteiger partial charge in [0.05, 0.1) is 19.8 Å². The number of hydrogen-bond donors (Lipinski definition) is 2. The third-order valence-corrected chi connectivity index (χ3v) is 2.50. The number of nitrogens with zero attached hydrogens (tertiary/aromatic N) is 2. The summed E-state index contributed by atoms with van der Waals surface area (Å²) in [6, 6.07) is 9.06. The van der Waals surface area contributed by atoms with Crippen molar-refractivity contribution in [2.45, 2.75) is 0 Å². The molecule has 0 radical (unpaired) electrons. The quantitative estimate of drug-likeness (QED) is 0.627. The lowest BCUT2D eigenvalue weighted by Gasteiger charge is -2.12. The minimum Gasteiger partial charge on any atom is -0.496 e. The molecule has 18 heavy (non-hydrogen) atoms. The van der Waals surface area contributed by atoms with Crippen LogP contribution in [0, 0.1) is 0 Å². The van der Waals surface area contributed by atoms with Crippen LogP contribution in [0.2, 0.25) is 0 Å². The summed E-state index contributed by atoms with van der Waals surface area (Å²) in [5, 5.41) is 8.01. The van der Waals surface area contributed by atoms with Gasteiger partial charge in [-0.1, -0.05) is 6.07 Å². The molecule has 0 bridgehead atoms. The van der Waals surface area contributed by atoms with Gasteiger partial charge in [0, 0.05) is 0 Å². The topological polar surface area (TPSA) is 82.3 Å². The number of nitrogen functional groups attached to an aromatic ring is 1. The summed E-state index contributed by atoms with van der Waals surface area (Å²) in [4.78, 5) is 0. The smallest absolute Gasteiger partial charge is 0.162 e. The molecule has 0 atom stereocenters. The van der Waals surface area contributed by atoms with Crippen LogP contribution in [-0.4, -0.2) is 24.4 Å². The Labute approximate surface area is 105 Å². The van der Waals surface area contributed by atoms with Gasteiger partial charge in [0.15, 0.2) is 5.82 Å². The van der Waals surface area contributed by atoms with E-state index in [1.165, 1.54) is 0 Å². The van der Waals surface area contributed by atoms with Crippen LogP contribution < -0.4 is 20.7 Å². The number of rotatable bonds is 4. The zero-order chi connectivity index (χ0) is 13.0. The number of anilines is 1. The van der Waals surface area contributed by atoms with E-state index in [1.807, 2.05) is 18.2 Å². The van der Waals surface area contributed by atoms with Crippen molar-refractivity contribution in [3.8, 4) is 22.8 Å². The van der Waals surface area contributed by atoms with Crippen LogP contribution in [-0.2, 0) is 0 Å². The van der Waals surface area contributed by atoms with E-state index in [2.05, 4.69) is 15.6 Å². The SMILES string of the molecule is COc1cccc(OC)c1-c1ccc(NN)nn1. The normalized spacial score (nSPS) is 9.94. The number of ether oxygens (including phenoxy) is 2. The van der Waals surface area contributed by atoms with E-state index in [1.54, 1.807) is 26.4 Å². The van der Waals surface area contributed by atoms with E-state index in [0.29, 0.717) is 23.0 Å². The zero-order valence-corrected chi connectivity index (χ0v) is 10.2. The number of hydrogen-bond acceptors (Lipinski definition) is 6. The van der Waals surface area contributed by atoms with Gasteiger partial charge in [0.2, 0.25) is 0 Å². The van der Waals surface area contributed by atoms with E-state index in [0.717, 1.165) is 5.56 Å². The van der Waals surface area contributed by atoms with Crippen LogP contribution in [0.1, 0.15) is 0 Å². The Kier molecular flexibility index (Phi) is 3.59. The highest BCUT2D eigenvalue weighted by Gasteiger charge is 2.13. The number of methoxy groups -OCH3 is 2. The Hall–Kier alpha value is -2.34. The van der Waals surface area contributed by atoms with Gasteiger partial charge < -0.3 is 14.9 Å². The fourth-order valence-electron chi connectivity index (χ4n) is 1.65. The zero-order valence-electron chi connectivity index (χ0n) is 10.2. The molecule has 1 aromatic carbocycles. The molecule has 2 aromatic rings. The molecular formula is C12H14N4O2. The van der Waals surface area contributed by atoms with E-state index < -0.39 is 0 Å². The Bertz CT molecular complexity index is 506. The molecule has 1 aromatic heterocycles. The van der Waals surface area contributed by atoms with Crippen molar-refractivity contribution in [3.63, 3.8) is 0 Å². The van der Waals surface area contributed by atoms with E-state index in [9.17, 15) is 0 Å². The second-order valence-electron chi connectivity index (χ2n) is 3.49. The number of nitrogens with one attached hydrogen (secondary N) is 1. The maximum absolute atomic E-state index is 5.31. The van der Waals surface area contributed by atoms with E-state index in [-0.39, 0.29) is 0 Å². The molecule has 0 aliphatic rings. The largest absolute Gasteiger partial charge is 0.496 e. The average Bonchev–Trinajstić information content (AvgIpc) is 2.46. The van der Waals surface area contributed by atoms with Gasteiger partial charge in [-0.15, -0.1) is 10.2 Å². The Balaban J connectivity index is 2.53. The number of benzene rings is 1. The fraction of sp³-hybridized carbons (Fsp3) is 0.167. The lowest BCUT2D eigenvalue weighted by molar-refractivity contribution is 0.397. The first-order chi connectivity index (χ1) is 8.80. The molecule has 94 valence electrons. The van der Waals surface area contributed by atoms with Crippen LogP contribution in [0.5, 0.6) is 11.5 Å². The number of aromatic nitrogens is 2. The molecule has 0 saturated carbocycles. The van der Waals surface area contributed by atoms with Gasteiger partial charge in [-0.05, 0) is 24.3 Å². The summed E-state index contributed by atoms with van der Waals surface area (Å²) in [6.07, 6.45) is 0. The van der Waals surface area contributed by atoms with Crippen molar-refractivity contribution in [3.05, 3.63) is 30.3 Å². The lowest BCUT2D eigenvalue weighted by atomic mass is 10.1. The first-order valence-corrected chi connectivity index (χ1v) is 5.32. The van der Waals surface area contributed by atoms with E-state index >= 15 is 0 Å². The van der Waals surface area contributed by atoms with Gasteiger partial charge in [-0.2, -0.15) is 0 Å². The van der Waals surface area contributed by atoms with Gasteiger partial charge >= 0.3 is 0 Å². The van der Waals surface area contributed by atoms with Crippen LogP contribution in [0.15, 0.2) is 30.3 Å². The highest BCUT2D eigenvalue weighted by atomic mass is 16.5. The summed E-state index contributed by atoms with van der Waals surface area (Å²) >= 11 is 0. The lowest BCUT2D eigenvalue weighted by Crippen LogP contribution is -2.09. The van der Waals surface area contributed by atoms with Crippen LogP contribution in [0.4, 0.5) is 5.82 Å². The molecule has 0 aliphatic carbocycles. The van der Waals surface area contributed by atoms with Crippen molar-refractivity contribution in [1.82, 2.24) is 10.2 Å². The summed E-state index contributed by atoms with van der Waals surface area (Å²) in [5.74, 6) is 7.10. The van der Waals surface area contributed by atoms with Gasteiger partial charge in [0.25, 0.3) is 0 Å². The Morgan fingerprint density at radius 3 is 2.11 bits per heavy atom. The minimum absolute atomic E-state index is 0.493. The second kappa shape index (κ2) is 5.33. The first kappa shape index (κ1) is 12.1. The second-order valence-corrected chi connectivity index (χ2v) is 3.49.